The zero-order chi connectivity index (χ0) is 45.5. The molecule has 0 saturated heterocycles. The minimum absolute atomic E-state index is 0.0783. The predicted molar refractivity (Wildman–Crippen MR) is 220 cm³/mol. The third-order valence-corrected chi connectivity index (χ3v) is 32.9. The first kappa shape index (κ1) is 59.7. The lowest BCUT2D eigenvalue weighted by molar-refractivity contribution is -0.0285. The molecule has 0 heterocycles. The SMILES string of the molecule is CCN(CCC[Si](O[Si](OC)(OC)OC)(O[Si](OC)(OC)OC)O[Si](OC)(OC)OC)CCC[Si](O[Si](OC)(OC)OC)(O[Si](OC)(OC)OC)O[Si](OC)(OC)OC. The Kier molecular flexibility index (Phi) is 29.0. The third-order valence-electron chi connectivity index (χ3n) is 8.54. The Balaban J connectivity index is 7.16. The van der Waals surface area contributed by atoms with Crippen molar-refractivity contribution in [2.45, 2.75) is 31.9 Å². The van der Waals surface area contributed by atoms with Crippen LogP contribution in [0.5, 0.6) is 0 Å². The Labute approximate surface area is 359 Å². The van der Waals surface area contributed by atoms with Crippen molar-refractivity contribution in [1.82, 2.24) is 4.90 Å². The van der Waals surface area contributed by atoms with Crippen LogP contribution in [-0.4, -0.2) is 224 Å². The topological polar surface area (TPSA) is 225 Å². The maximum atomic E-state index is 6.57. The summed E-state index contributed by atoms with van der Waals surface area (Å²) >= 11 is 0. The zero-order valence-corrected chi connectivity index (χ0v) is 46.2. The van der Waals surface area contributed by atoms with Gasteiger partial charge in [-0.2, -0.15) is 0 Å². The molecule has 0 unspecified atom stereocenters. The molecule has 0 radical (unpaired) electrons. The summed E-state index contributed by atoms with van der Waals surface area (Å²) in [5.41, 5.74) is 0. The van der Waals surface area contributed by atoms with Crippen LogP contribution < -0.4 is 0 Å². The normalized spacial score (nSPS) is 14.2. The molecule has 0 aliphatic carbocycles. The van der Waals surface area contributed by atoms with Crippen molar-refractivity contribution in [3.63, 3.8) is 0 Å². The second kappa shape index (κ2) is 28.6. The predicted octanol–water partition coefficient (Wildman–Crippen LogP) is 0.315. The van der Waals surface area contributed by atoms with E-state index >= 15 is 0 Å². The highest BCUT2D eigenvalue weighted by Gasteiger charge is 2.67. The first-order chi connectivity index (χ1) is 28.0. The van der Waals surface area contributed by atoms with Crippen molar-refractivity contribution < 1.29 is 104 Å². The van der Waals surface area contributed by atoms with E-state index in [1.807, 2.05) is 6.92 Å². The molecule has 0 spiro atoms. The van der Waals surface area contributed by atoms with Crippen LogP contribution >= 0.6 is 0 Å². The Morgan fingerprint density at radius 1 is 0.271 bits per heavy atom. The van der Waals surface area contributed by atoms with Crippen molar-refractivity contribution >= 4 is 71.9 Å². The van der Waals surface area contributed by atoms with E-state index in [1.54, 1.807) is 0 Å². The first-order valence-corrected chi connectivity index (χ1v) is 31.5. The quantitative estimate of drug-likeness (QED) is 0.0756. The van der Waals surface area contributed by atoms with Gasteiger partial charge in [-0.15, -0.1) is 0 Å². The number of hydrogen-bond acceptors (Lipinski definition) is 25. The molecular formula is C26H71NO24Si8. The van der Waals surface area contributed by atoms with Crippen molar-refractivity contribution in [2.24, 2.45) is 0 Å². The van der Waals surface area contributed by atoms with Crippen molar-refractivity contribution in [3.8, 4) is 0 Å². The maximum absolute atomic E-state index is 6.57. The summed E-state index contributed by atoms with van der Waals surface area (Å²) in [5, 5.41) is 0. The molecule has 0 atom stereocenters. The fourth-order valence-corrected chi connectivity index (χ4v) is 30.3. The standard InChI is InChI=1S/C26H71NO24Si8/c1-20-27(23-21-25-52(46-54(28-2,29-3)30-4,47-55(31-5,32-6)33-7)48-56(34-8,35-9)36-10)24-22-26-53(49-57(37-11,38-12)39-13,50-58(40-14,41-15)42-16)51-59(43-17,44-18)45-19/h20-26H2,1-19H3. The molecule has 0 amide bonds. The Hall–Kier alpha value is 0.735. The van der Waals surface area contributed by atoms with Crippen LogP contribution in [0.4, 0.5) is 0 Å². The summed E-state index contributed by atoms with van der Waals surface area (Å²) in [6.45, 7) is 3.49. The first-order valence-electron chi connectivity index (χ1n) is 17.8. The second-order valence-electron chi connectivity index (χ2n) is 11.3. The lowest BCUT2D eigenvalue weighted by atomic mass is 10.3. The van der Waals surface area contributed by atoms with Gasteiger partial charge in [-0.3, -0.25) is 0 Å². The van der Waals surface area contributed by atoms with Crippen molar-refractivity contribution in [1.29, 1.82) is 0 Å². The molecule has 356 valence electrons. The molecule has 0 bridgehead atoms. The van der Waals surface area contributed by atoms with Gasteiger partial charge in [-0.05, 0) is 32.5 Å². The molecule has 0 aliphatic heterocycles. The van der Waals surface area contributed by atoms with Gasteiger partial charge in [-0.25, -0.2) is 0 Å². The monoisotopic (exact) mass is 1010 g/mol. The molecule has 0 aromatic carbocycles. The molecular weight excluding hydrogens is 935 g/mol. The van der Waals surface area contributed by atoms with Gasteiger partial charge in [-0.1, -0.05) is 6.92 Å². The number of rotatable bonds is 39. The van der Waals surface area contributed by atoms with Gasteiger partial charge >= 0.3 is 71.9 Å². The summed E-state index contributed by atoms with van der Waals surface area (Å²) in [7, 11) is -7.64. The molecule has 0 aliphatic rings. The van der Waals surface area contributed by atoms with E-state index in [9.17, 15) is 0 Å². The van der Waals surface area contributed by atoms with Gasteiger partial charge in [0.15, 0.2) is 0 Å². The van der Waals surface area contributed by atoms with E-state index in [-0.39, 0.29) is 12.1 Å². The average Bonchev–Trinajstić information content (AvgIpc) is 3.29. The van der Waals surface area contributed by atoms with E-state index in [2.05, 4.69) is 4.90 Å². The summed E-state index contributed by atoms with van der Waals surface area (Å²) in [5.74, 6) is 0. The summed E-state index contributed by atoms with van der Waals surface area (Å²) in [6, 6.07) is 0.157. The van der Waals surface area contributed by atoms with E-state index in [0.29, 0.717) is 32.5 Å². The maximum Gasteiger partial charge on any atom is 0.671 e. The van der Waals surface area contributed by atoms with Crippen LogP contribution in [0.25, 0.3) is 0 Å². The molecule has 0 aromatic heterocycles. The van der Waals surface area contributed by atoms with Crippen LogP contribution in [0.1, 0.15) is 19.8 Å². The molecule has 0 fully saturated rings. The Morgan fingerprint density at radius 3 is 0.542 bits per heavy atom. The molecule has 25 nitrogen and oxygen atoms in total. The van der Waals surface area contributed by atoms with Crippen LogP contribution in [-0.2, 0) is 104 Å². The van der Waals surface area contributed by atoms with E-state index in [4.69, 9.17) is 104 Å². The van der Waals surface area contributed by atoms with Crippen molar-refractivity contribution in [3.05, 3.63) is 0 Å². The highest BCUT2D eigenvalue weighted by Crippen LogP contribution is 2.34. The second-order valence-corrected chi connectivity index (χ2v) is 33.3. The smallest absolute Gasteiger partial charge is 0.355 e. The Morgan fingerprint density at radius 2 is 0.424 bits per heavy atom. The minimum atomic E-state index is -4.28. The fraction of sp³-hybridized carbons (Fsp3) is 1.00. The summed E-state index contributed by atoms with van der Waals surface area (Å²) < 4.78 is 141. The van der Waals surface area contributed by atoms with Crippen LogP contribution in [0.2, 0.25) is 12.1 Å². The van der Waals surface area contributed by atoms with Gasteiger partial charge in [0, 0.05) is 140 Å². The molecule has 0 rings (SSSR count). The van der Waals surface area contributed by atoms with Gasteiger partial charge in [0.25, 0.3) is 0 Å². The van der Waals surface area contributed by atoms with E-state index in [1.165, 1.54) is 128 Å². The Bertz CT molecular complexity index is 854. The average molecular weight is 1010 g/mol. The highest BCUT2D eigenvalue weighted by molar-refractivity contribution is 6.83. The largest absolute Gasteiger partial charge is 0.671 e. The van der Waals surface area contributed by atoms with Crippen LogP contribution in [0.3, 0.4) is 0 Å². The van der Waals surface area contributed by atoms with Gasteiger partial charge in [0.2, 0.25) is 0 Å². The van der Waals surface area contributed by atoms with Crippen molar-refractivity contribution in [2.75, 3.05) is 148 Å². The van der Waals surface area contributed by atoms with E-state index < -0.39 is 71.9 Å². The highest BCUT2D eigenvalue weighted by atomic mass is 28.5. The fourth-order valence-electron chi connectivity index (χ4n) is 5.29. The molecule has 0 N–H and O–H groups in total. The third kappa shape index (κ3) is 16.6. The lowest BCUT2D eigenvalue weighted by Crippen LogP contribution is -2.69. The minimum Gasteiger partial charge on any atom is -0.355 e. The molecule has 0 saturated carbocycles. The number of nitrogens with zero attached hydrogens (tertiary/aromatic N) is 1. The molecule has 59 heavy (non-hydrogen) atoms. The van der Waals surface area contributed by atoms with Gasteiger partial charge in [0.1, 0.15) is 0 Å². The number of hydrogen-bond donors (Lipinski definition) is 0. The zero-order valence-electron chi connectivity index (χ0n) is 38.2. The van der Waals surface area contributed by atoms with Gasteiger partial charge in [0.05, 0.1) is 0 Å². The lowest BCUT2D eigenvalue weighted by Gasteiger charge is -2.41. The van der Waals surface area contributed by atoms with Crippen LogP contribution in [0.15, 0.2) is 0 Å². The molecule has 33 heteroatoms. The van der Waals surface area contributed by atoms with Crippen LogP contribution in [0, 0.1) is 0 Å². The van der Waals surface area contributed by atoms with E-state index in [0.717, 1.165) is 0 Å². The summed E-state index contributed by atoms with van der Waals surface area (Å²) in [6.07, 6.45) is 0.758. The van der Waals surface area contributed by atoms with Gasteiger partial charge < -0.3 is 109 Å². The molecule has 0 aromatic rings. The summed E-state index contributed by atoms with van der Waals surface area (Å²) in [4.78, 5) is 2.14.